The van der Waals surface area contributed by atoms with Crippen LogP contribution in [0.4, 0.5) is 5.82 Å². The van der Waals surface area contributed by atoms with E-state index in [0.717, 1.165) is 5.56 Å². The second-order valence-electron chi connectivity index (χ2n) is 7.05. The summed E-state index contributed by atoms with van der Waals surface area (Å²) < 4.78 is 7.19. The van der Waals surface area contributed by atoms with E-state index in [2.05, 4.69) is 25.6 Å². The highest BCUT2D eigenvalue weighted by Crippen LogP contribution is 2.32. The molecule has 1 fully saturated rings. The van der Waals surface area contributed by atoms with Crippen molar-refractivity contribution in [2.75, 3.05) is 12.4 Å². The van der Waals surface area contributed by atoms with Gasteiger partial charge in [0.05, 0.1) is 6.33 Å². The Bertz CT molecular complexity index is 1040. The lowest BCUT2D eigenvalue weighted by Crippen LogP contribution is -2.41. The number of hydrogen-bond acceptors (Lipinski definition) is 8. The number of carbonyl (C=O) groups is 1. The van der Waals surface area contributed by atoms with Gasteiger partial charge >= 0.3 is 0 Å². The first-order valence-electron chi connectivity index (χ1n) is 9.78. The highest BCUT2D eigenvalue weighted by Gasteiger charge is 2.47. The maximum absolute atomic E-state index is 12.0. The van der Waals surface area contributed by atoms with Crippen LogP contribution >= 0.6 is 0 Å². The fourth-order valence-corrected chi connectivity index (χ4v) is 3.46. The van der Waals surface area contributed by atoms with Gasteiger partial charge in [-0.3, -0.25) is 9.36 Å². The highest BCUT2D eigenvalue weighted by atomic mass is 16.6. The number of carbonyl (C=O) groups excluding carboxylic acids is 1. The van der Waals surface area contributed by atoms with Crippen LogP contribution < -0.4 is 10.6 Å². The number of likely N-dealkylation sites (N-methyl/N-ethyl adjacent to an activating group) is 1. The third-order valence-electron chi connectivity index (χ3n) is 5.10. The van der Waals surface area contributed by atoms with E-state index < -0.39 is 30.4 Å². The lowest BCUT2D eigenvalue weighted by molar-refractivity contribution is -0.137. The molecule has 0 radical (unpaired) electrons. The first-order valence-corrected chi connectivity index (χ1v) is 9.78. The van der Waals surface area contributed by atoms with E-state index >= 15 is 0 Å². The van der Waals surface area contributed by atoms with Crippen LogP contribution in [0.15, 0.2) is 36.7 Å². The first-order chi connectivity index (χ1) is 14.5. The van der Waals surface area contributed by atoms with E-state index in [9.17, 15) is 15.0 Å². The predicted octanol–water partition coefficient (Wildman–Crippen LogP) is 0.366. The molecule has 10 heteroatoms. The number of aryl methyl sites for hydroxylation is 1. The summed E-state index contributed by atoms with van der Waals surface area (Å²) in [5.41, 5.74) is 2.05. The minimum absolute atomic E-state index is 0.450. The summed E-state index contributed by atoms with van der Waals surface area (Å²) >= 11 is 0. The van der Waals surface area contributed by atoms with Crippen LogP contribution in [0, 0.1) is 0 Å². The van der Waals surface area contributed by atoms with Crippen molar-refractivity contribution in [2.24, 2.45) is 0 Å². The number of anilines is 1. The standard InChI is InChI=1S/C20H24N6O4/c1-3-12-24-17(22-9-11-7-5-4-6-8-11)13-18(25-12)26(10-23-13)20-15(28)14(27)16(30-20)19(29)21-2/h4-8,10,14-16,20,27-28H,3,9H2,1-2H3,(H,21,29)(H,22,24,25)/t14-,15+,16-,20+/m0/s1. The number of nitrogens with one attached hydrogen (secondary N) is 2. The topological polar surface area (TPSA) is 134 Å². The number of fused-ring (bicyclic) bond motifs is 1. The van der Waals surface area contributed by atoms with E-state index in [0.29, 0.717) is 35.8 Å². The molecular formula is C20H24N6O4. The molecule has 0 aliphatic carbocycles. The zero-order valence-corrected chi connectivity index (χ0v) is 16.7. The Morgan fingerprint density at radius 2 is 1.97 bits per heavy atom. The van der Waals surface area contributed by atoms with Crippen LogP contribution in [0.2, 0.25) is 0 Å². The molecule has 4 N–H and O–H groups in total. The van der Waals surface area contributed by atoms with Gasteiger partial charge in [0.1, 0.15) is 18.0 Å². The average molecular weight is 412 g/mol. The van der Waals surface area contributed by atoms with Gasteiger partial charge in [0.25, 0.3) is 5.91 Å². The summed E-state index contributed by atoms with van der Waals surface area (Å²) in [5, 5.41) is 26.5. The van der Waals surface area contributed by atoms with Crippen molar-refractivity contribution in [3.63, 3.8) is 0 Å². The number of nitrogens with zero attached hydrogens (tertiary/aromatic N) is 4. The van der Waals surface area contributed by atoms with Crippen LogP contribution in [-0.2, 0) is 22.5 Å². The van der Waals surface area contributed by atoms with Crippen LogP contribution in [0.1, 0.15) is 24.5 Å². The third kappa shape index (κ3) is 3.60. The smallest absolute Gasteiger partial charge is 0.251 e. The normalized spacial score (nSPS) is 23.6. The number of aliphatic hydroxyl groups excluding tert-OH is 2. The number of ether oxygens (including phenoxy) is 1. The zero-order valence-electron chi connectivity index (χ0n) is 16.7. The second-order valence-corrected chi connectivity index (χ2v) is 7.05. The van der Waals surface area contributed by atoms with Gasteiger partial charge in [-0.15, -0.1) is 0 Å². The Hall–Kier alpha value is -3.08. The number of aromatic nitrogens is 4. The number of hydrogen-bond donors (Lipinski definition) is 4. The van der Waals surface area contributed by atoms with Gasteiger partial charge in [0.2, 0.25) is 0 Å². The maximum atomic E-state index is 12.0. The average Bonchev–Trinajstić information content (AvgIpc) is 3.33. The Morgan fingerprint density at radius 3 is 2.67 bits per heavy atom. The second kappa shape index (κ2) is 8.34. The molecule has 3 aromatic rings. The highest BCUT2D eigenvalue weighted by molar-refractivity contribution is 5.83. The summed E-state index contributed by atoms with van der Waals surface area (Å²) in [6.45, 7) is 2.50. The summed E-state index contributed by atoms with van der Waals surface area (Å²) in [6, 6.07) is 9.90. The molecule has 1 amide bonds. The lowest BCUT2D eigenvalue weighted by atomic mass is 10.1. The van der Waals surface area contributed by atoms with Gasteiger partial charge in [0.15, 0.2) is 29.3 Å². The number of rotatable bonds is 6. The summed E-state index contributed by atoms with van der Waals surface area (Å²) in [7, 11) is 1.44. The molecule has 1 aliphatic rings. The molecule has 0 bridgehead atoms. The number of aliphatic hydroxyl groups is 2. The molecular weight excluding hydrogens is 388 g/mol. The molecule has 0 spiro atoms. The van der Waals surface area contributed by atoms with Crippen molar-refractivity contribution in [2.45, 2.75) is 44.4 Å². The molecule has 30 heavy (non-hydrogen) atoms. The maximum Gasteiger partial charge on any atom is 0.251 e. The van der Waals surface area contributed by atoms with Gasteiger partial charge in [0, 0.05) is 20.0 Å². The van der Waals surface area contributed by atoms with Gasteiger partial charge < -0.3 is 25.6 Å². The Kier molecular flexibility index (Phi) is 5.62. The van der Waals surface area contributed by atoms with Crippen molar-refractivity contribution in [3.8, 4) is 0 Å². The van der Waals surface area contributed by atoms with Crippen molar-refractivity contribution in [1.82, 2.24) is 24.8 Å². The molecule has 3 heterocycles. The summed E-state index contributed by atoms with van der Waals surface area (Å²) in [6.07, 6.45) is -2.80. The van der Waals surface area contributed by atoms with Crippen molar-refractivity contribution in [1.29, 1.82) is 0 Å². The fourth-order valence-electron chi connectivity index (χ4n) is 3.46. The predicted molar refractivity (Wildman–Crippen MR) is 108 cm³/mol. The first kappa shape index (κ1) is 20.2. The summed E-state index contributed by atoms with van der Waals surface area (Å²) in [5.74, 6) is 0.647. The van der Waals surface area contributed by atoms with E-state index in [-0.39, 0.29) is 0 Å². The van der Waals surface area contributed by atoms with Crippen molar-refractivity contribution in [3.05, 3.63) is 48.0 Å². The molecule has 0 unspecified atom stereocenters. The van der Waals surface area contributed by atoms with Crippen LogP contribution in [-0.4, -0.2) is 61.0 Å². The third-order valence-corrected chi connectivity index (χ3v) is 5.10. The molecule has 2 aromatic heterocycles. The number of imidazole rings is 1. The monoisotopic (exact) mass is 412 g/mol. The van der Waals surface area contributed by atoms with Crippen LogP contribution in [0.5, 0.6) is 0 Å². The molecule has 1 aromatic carbocycles. The summed E-state index contributed by atoms with van der Waals surface area (Å²) in [4.78, 5) is 25.4. The Balaban J connectivity index is 1.68. The number of benzene rings is 1. The minimum atomic E-state index is -1.37. The number of amides is 1. The largest absolute Gasteiger partial charge is 0.387 e. The quantitative estimate of drug-likeness (QED) is 0.456. The van der Waals surface area contributed by atoms with Gasteiger partial charge in [-0.2, -0.15) is 0 Å². The molecule has 4 rings (SSSR count). The van der Waals surface area contributed by atoms with Gasteiger partial charge in [-0.25, -0.2) is 15.0 Å². The Morgan fingerprint density at radius 1 is 1.20 bits per heavy atom. The minimum Gasteiger partial charge on any atom is -0.387 e. The van der Waals surface area contributed by atoms with Gasteiger partial charge in [-0.1, -0.05) is 37.3 Å². The van der Waals surface area contributed by atoms with Gasteiger partial charge in [-0.05, 0) is 5.56 Å². The van der Waals surface area contributed by atoms with E-state index in [1.54, 1.807) is 0 Å². The fraction of sp³-hybridized carbons (Fsp3) is 0.400. The van der Waals surface area contributed by atoms with E-state index in [4.69, 9.17) is 4.74 Å². The lowest BCUT2D eigenvalue weighted by Gasteiger charge is -2.17. The molecule has 1 saturated heterocycles. The van der Waals surface area contributed by atoms with Crippen molar-refractivity contribution < 1.29 is 19.7 Å². The molecule has 4 atom stereocenters. The molecule has 1 aliphatic heterocycles. The van der Waals surface area contributed by atoms with Crippen LogP contribution in [0.25, 0.3) is 11.2 Å². The van der Waals surface area contributed by atoms with E-state index in [1.165, 1.54) is 17.9 Å². The van der Waals surface area contributed by atoms with E-state index in [1.807, 2.05) is 37.3 Å². The van der Waals surface area contributed by atoms with Crippen LogP contribution in [0.3, 0.4) is 0 Å². The SMILES string of the molecule is CCc1nc(NCc2ccccc2)c2ncn([C@@H]3O[C@H](C(=O)NC)[C@@H](O)[C@H]3O)c2n1. The molecule has 10 nitrogen and oxygen atoms in total. The zero-order chi connectivity index (χ0) is 21.3. The Labute approximate surface area is 172 Å². The van der Waals surface area contributed by atoms with Crippen molar-refractivity contribution >= 4 is 22.9 Å². The molecule has 158 valence electrons. The molecule has 0 saturated carbocycles.